The zero-order chi connectivity index (χ0) is 12.5. The van der Waals surface area contributed by atoms with Crippen LogP contribution in [0.5, 0.6) is 0 Å². The van der Waals surface area contributed by atoms with Gasteiger partial charge in [-0.1, -0.05) is 40.2 Å². The molecule has 4 heteroatoms. The summed E-state index contributed by atoms with van der Waals surface area (Å²) in [5, 5.41) is 10.7. The summed E-state index contributed by atoms with van der Waals surface area (Å²) in [6.45, 7) is 1.06. The maximum absolute atomic E-state index is 4.30. The van der Waals surface area contributed by atoms with Gasteiger partial charge in [0, 0.05) is 29.2 Å². The van der Waals surface area contributed by atoms with E-state index >= 15 is 0 Å². The van der Waals surface area contributed by atoms with Gasteiger partial charge in [0.15, 0.2) is 5.82 Å². The lowest BCUT2D eigenvalue weighted by molar-refractivity contribution is 0.338. The van der Waals surface area contributed by atoms with Crippen molar-refractivity contribution < 1.29 is 0 Å². The van der Waals surface area contributed by atoms with E-state index in [1.54, 1.807) is 0 Å². The van der Waals surface area contributed by atoms with Crippen molar-refractivity contribution in [3.05, 3.63) is 30.5 Å². The molecule has 1 aliphatic carbocycles. The highest BCUT2D eigenvalue weighted by Gasteiger charge is 2.28. The van der Waals surface area contributed by atoms with E-state index in [1.807, 2.05) is 12.3 Å². The van der Waals surface area contributed by atoms with Gasteiger partial charge in [0.1, 0.15) is 0 Å². The van der Waals surface area contributed by atoms with Gasteiger partial charge in [0.05, 0.1) is 6.20 Å². The summed E-state index contributed by atoms with van der Waals surface area (Å²) in [7, 11) is 2.11. The molecule has 0 saturated heterocycles. The number of rotatable bonds is 3. The lowest BCUT2D eigenvalue weighted by atomic mass is 9.85. The normalized spacial score (nSPS) is 22.8. The van der Waals surface area contributed by atoms with Gasteiger partial charge in [-0.05, 0) is 18.8 Å². The van der Waals surface area contributed by atoms with Crippen LogP contribution in [0, 0.1) is 5.92 Å². The zero-order valence-corrected chi connectivity index (χ0v) is 12.0. The highest BCUT2D eigenvalue weighted by atomic mass is 79.9. The van der Waals surface area contributed by atoms with Gasteiger partial charge >= 0.3 is 0 Å². The Morgan fingerprint density at radius 2 is 2.11 bits per heavy atom. The summed E-state index contributed by atoms with van der Waals surface area (Å²) in [5.74, 6) is 1.77. The van der Waals surface area contributed by atoms with E-state index in [-0.39, 0.29) is 0 Å². The first kappa shape index (κ1) is 11.9. The van der Waals surface area contributed by atoms with Crippen molar-refractivity contribution in [1.29, 1.82) is 0 Å². The van der Waals surface area contributed by atoms with Gasteiger partial charge in [-0.2, -0.15) is 5.10 Å². The fraction of sp³-hybridized carbons (Fsp3) is 0.429. The van der Waals surface area contributed by atoms with Gasteiger partial charge in [-0.3, -0.25) is 0 Å². The summed E-state index contributed by atoms with van der Waals surface area (Å²) >= 11 is 3.64. The van der Waals surface area contributed by atoms with Crippen LogP contribution in [-0.2, 0) is 0 Å². The lowest BCUT2D eigenvalue weighted by Gasteiger charge is -2.34. The average Bonchev–Trinajstić information content (AvgIpc) is 2.36. The second-order valence-corrected chi connectivity index (χ2v) is 6.37. The van der Waals surface area contributed by atoms with Gasteiger partial charge in [-0.15, -0.1) is 5.10 Å². The standard InChI is InChI=1S/C14H16BrN3/c1-18(9-10-6-12(15)7-10)14-13-5-3-2-4-11(13)8-16-17-14/h2-5,8,10,12H,6-7,9H2,1H3. The second kappa shape index (κ2) is 4.84. The molecule has 1 aliphatic rings. The van der Waals surface area contributed by atoms with Crippen LogP contribution >= 0.6 is 15.9 Å². The van der Waals surface area contributed by atoms with Gasteiger partial charge in [-0.25, -0.2) is 0 Å². The van der Waals surface area contributed by atoms with Crippen molar-refractivity contribution in [2.24, 2.45) is 5.92 Å². The molecule has 0 radical (unpaired) electrons. The Kier molecular flexibility index (Phi) is 3.20. The molecule has 2 aromatic rings. The molecule has 1 heterocycles. The molecule has 0 amide bonds. The minimum Gasteiger partial charge on any atom is -0.357 e. The fourth-order valence-corrected chi connectivity index (χ4v) is 3.63. The Morgan fingerprint density at radius 1 is 1.33 bits per heavy atom. The number of aromatic nitrogens is 2. The maximum Gasteiger partial charge on any atom is 0.158 e. The highest BCUT2D eigenvalue weighted by molar-refractivity contribution is 9.09. The topological polar surface area (TPSA) is 29.0 Å². The molecule has 0 atom stereocenters. The van der Waals surface area contributed by atoms with E-state index in [2.05, 4.69) is 56.3 Å². The maximum atomic E-state index is 4.30. The molecule has 0 N–H and O–H groups in total. The van der Waals surface area contributed by atoms with Gasteiger partial charge < -0.3 is 4.90 Å². The van der Waals surface area contributed by atoms with Gasteiger partial charge in [0.25, 0.3) is 0 Å². The van der Waals surface area contributed by atoms with Gasteiger partial charge in [0.2, 0.25) is 0 Å². The first-order valence-corrected chi connectivity index (χ1v) is 7.21. The minimum absolute atomic E-state index is 0.717. The molecule has 0 aliphatic heterocycles. The Morgan fingerprint density at radius 3 is 2.89 bits per heavy atom. The molecule has 0 bridgehead atoms. The molecule has 94 valence electrons. The molecule has 1 fully saturated rings. The SMILES string of the molecule is CN(CC1CC(Br)C1)c1nncc2ccccc12. The number of anilines is 1. The first-order valence-electron chi connectivity index (χ1n) is 6.29. The summed E-state index contributed by atoms with van der Waals surface area (Å²) in [5.41, 5.74) is 0. The van der Waals surface area contributed by atoms with E-state index in [4.69, 9.17) is 0 Å². The largest absolute Gasteiger partial charge is 0.357 e. The van der Waals surface area contributed by atoms with Crippen LogP contribution < -0.4 is 4.90 Å². The van der Waals surface area contributed by atoms with Crippen molar-refractivity contribution in [1.82, 2.24) is 10.2 Å². The monoisotopic (exact) mass is 305 g/mol. The third-order valence-electron chi connectivity index (χ3n) is 3.62. The summed E-state index contributed by atoms with van der Waals surface area (Å²) in [6.07, 6.45) is 4.36. The van der Waals surface area contributed by atoms with Crippen molar-refractivity contribution in [2.75, 3.05) is 18.5 Å². The Balaban J connectivity index is 1.84. The third kappa shape index (κ3) is 2.21. The van der Waals surface area contributed by atoms with Crippen LogP contribution in [0.3, 0.4) is 0 Å². The summed E-state index contributed by atoms with van der Waals surface area (Å²) in [6, 6.07) is 8.29. The van der Waals surface area contributed by atoms with E-state index in [1.165, 1.54) is 18.2 Å². The molecule has 0 unspecified atom stereocenters. The van der Waals surface area contributed by atoms with E-state index in [9.17, 15) is 0 Å². The van der Waals surface area contributed by atoms with Crippen molar-refractivity contribution in [3.63, 3.8) is 0 Å². The van der Waals surface area contributed by atoms with Crippen LogP contribution in [0.25, 0.3) is 10.8 Å². The predicted octanol–water partition coefficient (Wildman–Crippen LogP) is 3.24. The van der Waals surface area contributed by atoms with Crippen LogP contribution in [0.4, 0.5) is 5.82 Å². The number of benzene rings is 1. The zero-order valence-electron chi connectivity index (χ0n) is 10.4. The average molecular weight is 306 g/mol. The van der Waals surface area contributed by atoms with Crippen molar-refractivity contribution in [2.45, 2.75) is 17.7 Å². The summed E-state index contributed by atoms with van der Waals surface area (Å²) < 4.78 is 0. The molecular weight excluding hydrogens is 290 g/mol. The quantitative estimate of drug-likeness (QED) is 0.815. The molecular formula is C14H16BrN3. The van der Waals surface area contributed by atoms with Crippen LogP contribution in [0.15, 0.2) is 30.5 Å². The second-order valence-electron chi connectivity index (χ2n) is 5.07. The number of fused-ring (bicyclic) bond motifs is 1. The predicted molar refractivity (Wildman–Crippen MR) is 78.2 cm³/mol. The highest BCUT2D eigenvalue weighted by Crippen LogP contribution is 2.34. The van der Waals surface area contributed by atoms with Crippen molar-refractivity contribution in [3.8, 4) is 0 Å². The third-order valence-corrected chi connectivity index (χ3v) is 4.37. The number of halogens is 1. The van der Waals surface area contributed by atoms with Crippen LogP contribution in [0.1, 0.15) is 12.8 Å². The van der Waals surface area contributed by atoms with E-state index in [0.29, 0.717) is 0 Å². The van der Waals surface area contributed by atoms with Crippen LogP contribution in [0.2, 0.25) is 0 Å². The molecule has 0 spiro atoms. The fourth-order valence-electron chi connectivity index (χ4n) is 2.57. The lowest BCUT2D eigenvalue weighted by Crippen LogP contribution is -2.35. The molecule has 1 aromatic carbocycles. The molecule has 18 heavy (non-hydrogen) atoms. The molecule has 1 aromatic heterocycles. The Labute approximate surface area is 115 Å². The molecule has 3 rings (SSSR count). The number of nitrogens with zero attached hydrogens (tertiary/aromatic N) is 3. The number of hydrogen-bond acceptors (Lipinski definition) is 3. The number of hydrogen-bond donors (Lipinski definition) is 0. The Hall–Kier alpha value is -1.16. The number of alkyl halides is 1. The minimum atomic E-state index is 0.717. The van der Waals surface area contributed by atoms with Crippen molar-refractivity contribution >= 4 is 32.5 Å². The van der Waals surface area contributed by atoms with Crippen LogP contribution in [-0.4, -0.2) is 28.6 Å². The summed E-state index contributed by atoms with van der Waals surface area (Å²) in [4.78, 5) is 2.95. The van der Waals surface area contributed by atoms with E-state index in [0.717, 1.165) is 28.5 Å². The smallest absolute Gasteiger partial charge is 0.158 e. The Bertz CT molecular complexity index is 546. The molecule has 1 saturated carbocycles. The van der Waals surface area contributed by atoms with E-state index < -0.39 is 0 Å². The first-order chi connectivity index (χ1) is 8.74. The molecule has 3 nitrogen and oxygen atoms in total.